The Morgan fingerprint density at radius 1 is 1.41 bits per heavy atom. The number of carbonyl (C=O) groups is 1. The number of aromatic nitrogens is 3. The standard InChI is InChI=1S/C16H20N4O2/c1-12(19(2)16(21)15-4-3-9-22-15)13-5-7-14(8-6-13)20-11-17-10-18-20/h5-8,10-12,15H,3-4,9H2,1-2H3/t12-,15+/m0/s1. The Labute approximate surface area is 129 Å². The van der Waals surface area contributed by atoms with E-state index in [0.717, 1.165) is 24.1 Å². The van der Waals surface area contributed by atoms with Crippen LogP contribution in [-0.4, -0.2) is 45.3 Å². The molecule has 0 unspecified atom stereocenters. The molecular formula is C16H20N4O2. The van der Waals surface area contributed by atoms with Crippen molar-refractivity contribution in [2.75, 3.05) is 13.7 Å². The summed E-state index contributed by atoms with van der Waals surface area (Å²) in [7, 11) is 1.83. The van der Waals surface area contributed by atoms with Gasteiger partial charge in [-0.15, -0.1) is 0 Å². The van der Waals surface area contributed by atoms with Gasteiger partial charge >= 0.3 is 0 Å². The van der Waals surface area contributed by atoms with Gasteiger partial charge in [-0.1, -0.05) is 12.1 Å². The first kappa shape index (κ1) is 14.7. The third-order valence-corrected chi connectivity index (χ3v) is 4.19. The molecule has 0 bridgehead atoms. The van der Waals surface area contributed by atoms with E-state index in [4.69, 9.17) is 4.74 Å². The van der Waals surface area contributed by atoms with Crippen molar-refractivity contribution in [2.24, 2.45) is 0 Å². The topological polar surface area (TPSA) is 60.2 Å². The zero-order valence-electron chi connectivity index (χ0n) is 12.8. The summed E-state index contributed by atoms with van der Waals surface area (Å²) >= 11 is 0. The second kappa shape index (κ2) is 6.27. The first-order valence-corrected chi connectivity index (χ1v) is 7.50. The Kier molecular flexibility index (Phi) is 4.20. The molecule has 1 aromatic carbocycles. The Hall–Kier alpha value is -2.21. The van der Waals surface area contributed by atoms with E-state index >= 15 is 0 Å². The van der Waals surface area contributed by atoms with Crippen LogP contribution in [0.4, 0.5) is 0 Å². The van der Waals surface area contributed by atoms with Crippen LogP contribution >= 0.6 is 0 Å². The molecule has 22 heavy (non-hydrogen) atoms. The number of carbonyl (C=O) groups excluding carboxylic acids is 1. The second-order valence-corrected chi connectivity index (χ2v) is 5.56. The SMILES string of the molecule is C[C@@H](c1ccc(-n2cncn2)cc1)N(C)C(=O)[C@H]1CCCO1. The highest BCUT2D eigenvalue weighted by atomic mass is 16.5. The van der Waals surface area contributed by atoms with Crippen LogP contribution in [0.5, 0.6) is 0 Å². The summed E-state index contributed by atoms with van der Waals surface area (Å²) in [5.74, 6) is 0.0605. The van der Waals surface area contributed by atoms with Gasteiger partial charge in [0.1, 0.15) is 18.8 Å². The van der Waals surface area contributed by atoms with Gasteiger partial charge in [0.25, 0.3) is 5.91 Å². The lowest BCUT2D eigenvalue weighted by Crippen LogP contribution is -2.37. The monoisotopic (exact) mass is 300 g/mol. The van der Waals surface area contributed by atoms with Crippen molar-refractivity contribution >= 4 is 5.91 Å². The summed E-state index contributed by atoms with van der Waals surface area (Å²) in [5.41, 5.74) is 2.03. The van der Waals surface area contributed by atoms with Crippen LogP contribution in [0.1, 0.15) is 31.4 Å². The number of hydrogen-bond acceptors (Lipinski definition) is 4. The Balaban J connectivity index is 1.71. The maximum Gasteiger partial charge on any atom is 0.251 e. The van der Waals surface area contributed by atoms with E-state index in [9.17, 15) is 4.79 Å². The van der Waals surface area contributed by atoms with Gasteiger partial charge in [-0.05, 0) is 37.5 Å². The predicted octanol–water partition coefficient (Wildman–Crippen LogP) is 1.97. The fourth-order valence-electron chi connectivity index (χ4n) is 2.66. The normalized spacial score (nSPS) is 19.1. The molecule has 2 heterocycles. The third-order valence-electron chi connectivity index (χ3n) is 4.19. The van der Waals surface area contributed by atoms with Crippen molar-refractivity contribution in [3.8, 4) is 5.69 Å². The van der Waals surface area contributed by atoms with E-state index in [-0.39, 0.29) is 18.1 Å². The molecule has 3 rings (SSSR count). The minimum atomic E-state index is -0.276. The number of hydrogen-bond donors (Lipinski definition) is 0. The number of benzene rings is 1. The molecule has 2 aromatic rings. The van der Waals surface area contributed by atoms with Crippen LogP contribution < -0.4 is 0 Å². The maximum atomic E-state index is 12.4. The number of rotatable bonds is 4. The van der Waals surface area contributed by atoms with Gasteiger partial charge in [0.2, 0.25) is 0 Å². The first-order valence-electron chi connectivity index (χ1n) is 7.50. The van der Waals surface area contributed by atoms with Crippen molar-refractivity contribution < 1.29 is 9.53 Å². The molecule has 1 aliphatic heterocycles. The van der Waals surface area contributed by atoms with Crippen molar-refractivity contribution in [2.45, 2.75) is 31.9 Å². The Bertz CT molecular complexity index is 618. The molecule has 0 saturated carbocycles. The number of nitrogens with zero attached hydrogens (tertiary/aromatic N) is 4. The third kappa shape index (κ3) is 2.87. The van der Waals surface area contributed by atoms with Gasteiger partial charge in [-0.3, -0.25) is 4.79 Å². The highest BCUT2D eigenvalue weighted by Gasteiger charge is 2.29. The molecule has 6 nitrogen and oxygen atoms in total. The predicted molar refractivity (Wildman–Crippen MR) is 81.5 cm³/mol. The summed E-state index contributed by atoms with van der Waals surface area (Å²) in [4.78, 5) is 18.1. The summed E-state index contributed by atoms with van der Waals surface area (Å²) in [6.45, 7) is 2.71. The van der Waals surface area contributed by atoms with E-state index in [1.165, 1.54) is 6.33 Å². The van der Waals surface area contributed by atoms with E-state index in [0.29, 0.717) is 6.61 Å². The van der Waals surface area contributed by atoms with E-state index < -0.39 is 0 Å². The zero-order valence-corrected chi connectivity index (χ0v) is 12.8. The quantitative estimate of drug-likeness (QED) is 0.866. The lowest BCUT2D eigenvalue weighted by atomic mass is 10.1. The van der Waals surface area contributed by atoms with Gasteiger partial charge in [0.05, 0.1) is 11.7 Å². The minimum Gasteiger partial charge on any atom is -0.368 e. The fraction of sp³-hybridized carbons (Fsp3) is 0.438. The lowest BCUT2D eigenvalue weighted by Gasteiger charge is -2.27. The molecule has 0 radical (unpaired) electrons. The smallest absolute Gasteiger partial charge is 0.251 e. The van der Waals surface area contributed by atoms with Crippen molar-refractivity contribution in [1.29, 1.82) is 0 Å². The van der Waals surface area contributed by atoms with Gasteiger partial charge < -0.3 is 9.64 Å². The van der Waals surface area contributed by atoms with Crippen molar-refractivity contribution in [3.05, 3.63) is 42.5 Å². The highest BCUT2D eigenvalue weighted by molar-refractivity contribution is 5.81. The van der Waals surface area contributed by atoms with Crippen LogP contribution in [0, 0.1) is 0 Å². The molecule has 1 amide bonds. The lowest BCUT2D eigenvalue weighted by molar-refractivity contribution is -0.141. The molecule has 1 aliphatic rings. The molecule has 0 aliphatic carbocycles. The Morgan fingerprint density at radius 2 is 2.18 bits per heavy atom. The maximum absolute atomic E-state index is 12.4. The fourth-order valence-corrected chi connectivity index (χ4v) is 2.66. The molecule has 1 saturated heterocycles. The molecule has 1 fully saturated rings. The number of ether oxygens (including phenoxy) is 1. The molecule has 0 spiro atoms. The molecule has 1 aromatic heterocycles. The van der Waals surface area contributed by atoms with Crippen LogP contribution in [0.3, 0.4) is 0 Å². The molecule has 0 N–H and O–H groups in total. The largest absolute Gasteiger partial charge is 0.368 e. The van der Waals surface area contributed by atoms with E-state index in [1.54, 1.807) is 15.9 Å². The minimum absolute atomic E-state index is 0.00139. The average molecular weight is 300 g/mol. The first-order chi connectivity index (χ1) is 10.7. The highest BCUT2D eigenvalue weighted by Crippen LogP contribution is 2.23. The second-order valence-electron chi connectivity index (χ2n) is 5.56. The van der Waals surface area contributed by atoms with Crippen molar-refractivity contribution in [1.82, 2.24) is 19.7 Å². The van der Waals surface area contributed by atoms with Crippen LogP contribution in [-0.2, 0) is 9.53 Å². The van der Waals surface area contributed by atoms with Gasteiger partial charge in [-0.25, -0.2) is 9.67 Å². The van der Waals surface area contributed by atoms with E-state index in [2.05, 4.69) is 10.1 Å². The van der Waals surface area contributed by atoms with Gasteiger partial charge in [-0.2, -0.15) is 5.10 Å². The molecule has 116 valence electrons. The van der Waals surface area contributed by atoms with Crippen LogP contribution in [0.15, 0.2) is 36.9 Å². The van der Waals surface area contributed by atoms with E-state index in [1.807, 2.05) is 38.2 Å². The summed E-state index contributed by atoms with van der Waals surface area (Å²) in [6, 6.07) is 7.99. The van der Waals surface area contributed by atoms with Gasteiger partial charge in [0, 0.05) is 13.7 Å². The van der Waals surface area contributed by atoms with Crippen molar-refractivity contribution in [3.63, 3.8) is 0 Å². The Morgan fingerprint density at radius 3 is 2.77 bits per heavy atom. The number of likely N-dealkylation sites (N-methyl/N-ethyl adjacent to an activating group) is 1. The van der Waals surface area contributed by atoms with Crippen LogP contribution in [0.2, 0.25) is 0 Å². The van der Waals surface area contributed by atoms with Crippen LogP contribution in [0.25, 0.3) is 5.69 Å². The number of amides is 1. The summed E-state index contributed by atoms with van der Waals surface area (Å²) in [6.07, 6.45) is 4.67. The summed E-state index contributed by atoms with van der Waals surface area (Å²) < 4.78 is 7.18. The van der Waals surface area contributed by atoms with Gasteiger partial charge in [0.15, 0.2) is 0 Å². The average Bonchev–Trinajstić information content (AvgIpc) is 3.26. The zero-order chi connectivity index (χ0) is 15.5. The summed E-state index contributed by atoms with van der Waals surface area (Å²) in [5, 5.41) is 4.10. The molecular weight excluding hydrogens is 280 g/mol. The molecule has 2 atom stereocenters. The molecule has 6 heteroatoms.